The van der Waals surface area contributed by atoms with Crippen LogP contribution < -0.4 is 10.6 Å². The number of nitriles is 1. The molecule has 5 heteroatoms. The molecule has 1 heterocycles. The molecule has 0 bridgehead atoms. The summed E-state index contributed by atoms with van der Waals surface area (Å²) in [5, 5.41) is 16.6. The first-order valence-corrected chi connectivity index (χ1v) is 10.0. The van der Waals surface area contributed by atoms with Gasteiger partial charge in [0.15, 0.2) is 0 Å². The van der Waals surface area contributed by atoms with Crippen molar-refractivity contribution in [3.63, 3.8) is 0 Å². The summed E-state index contributed by atoms with van der Waals surface area (Å²) in [7, 11) is 0. The van der Waals surface area contributed by atoms with Crippen LogP contribution in [-0.4, -0.2) is 11.9 Å². The molecule has 0 unspecified atom stereocenters. The summed E-state index contributed by atoms with van der Waals surface area (Å²) in [6, 6.07) is 8.06. The molecule has 1 aromatic carbocycles. The second-order valence-corrected chi connectivity index (χ2v) is 8.16. The Labute approximate surface area is 159 Å². The molecule has 1 aliphatic carbocycles. The number of carbonyl (C=O) groups is 1. The van der Waals surface area contributed by atoms with Crippen LogP contribution in [0.5, 0.6) is 0 Å². The first-order chi connectivity index (χ1) is 12.5. The highest BCUT2D eigenvalue weighted by molar-refractivity contribution is 7.16. The molecular weight excluding hydrogens is 342 g/mol. The Morgan fingerprint density at radius 1 is 1.23 bits per heavy atom. The summed E-state index contributed by atoms with van der Waals surface area (Å²) >= 11 is 1.57. The topological polar surface area (TPSA) is 64.9 Å². The van der Waals surface area contributed by atoms with Crippen molar-refractivity contribution < 1.29 is 4.79 Å². The lowest BCUT2D eigenvalue weighted by Gasteiger charge is -2.17. The van der Waals surface area contributed by atoms with Crippen LogP contribution in [-0.2, 0) is 17.6 Å². The third-order valence-corrected chi connectivity index (χ3v) is 6.12. The SMILES string of the molecule is Cc1ccc(N[C@@H](C)C(=O)Nc2sc3c(c2C#N)CCCCC3)c(C)c1. The zero-order chi connectivity index (χ0) is 18.7. The molecule has 0 fully saturated rings. The number of hydrogen-bond donors (Lipinski definition) is 2. The molecule has 1 amide bonds. The van der Waals surface area contributed by atoms with Crippen LogP contribution in [0, 0.1) is 25.2 Å². The number of fused-ring (bicyclic) bond motifs is 1. The third-order valence-electron chi connectivity index (χ3n) is 4.92. The van der Waals surface area contributed by atoms with Crippen molar-refractivity contribution in [1.29, 1.82) is 5.26 Å². The van der Waals surface area contributed by atoms with Crippen molar-refractivity contribution in [2.45, 2.75) is 58.9 Å². The van der Waals surface area contributed by atoms with Crippen LogP contribution in [0.15, 0.2) is 18.2 Å². The summed E-state index contributed by atoms with van der Waals surface area (Å²) in [6.07, 6.45) is 5.46. The lowest BCUT2D eigenvalue weighted by molar-refractivity contribution is -0.116. The van der Waals surface area contributed by atoms with Crippen LogP contribution in [0.4, 0.5) is 10.7 Å². The fourth-order valence-corrected chi connectivity index (χ4v) is 4.69. The molecule has 2 aromatic rings. The minimum Gasteiger partial charge on any atom is -0.374 e. The molecule has 3 rings (SSSR count). The maximum Gasteiger partial charge on any atom is 0.247 e. The van der Waals surface area contributed by atoms with Gasteiger partial charge in [-0.1, -0.05) is 24.1 Å². The quantitative estimate of drug-likeness (QED) is 0.752. The molecule has 1 atom stereocenters. The van der Waals surface area contributed by atoms with Gasteiger partial charge in [0.05, 0.1) is 5.56 Å². The predicted molar refractivity (Wildman–Crippen MR) is 108 cm³/mol. The molecule has 0 radical (unpaired) electrons. The summed E-state index contributed by atoms with van der Waals surface area (Å²) in [4.78, 5) is 13.9. The van der Waals surface area contributed by atoms with E-state index >= 15 is 0 Å². The largest absolute Gasteiger partial charge is 0.374 e. The molecule has 4 nitrogen and oxygen atoms in total. The maximum atomic E-state index is 12.7. The normalized spacial score (nSPS) is 14.7. The van der Waals surface area contributed by atoms with E-state index in [9.17, 15) is 10.1 Å². The molecule has 0 aliphatic heterocycles. The van der Waals surface area contributed by atoms with Crippen molar-refractivity contribution in [2.75, 3.05) is 10.6 Å². The number of rotatable bonds is 4. The molecule has 2 N–H and O–H groups in total. The van der Waals surface area contributed by atoms with E-state index in [1.165, 1.54) is 16.9 Å². The first-order valence-electron chi connectivity index (χ1n) is 9.19. The van der Waals surface area contributed by atoms with Crippen molar-refractivity contribution in [3.8, 4) is 6.07 Å². The van der Waals surface area contributed by atoms with E-state index < -0.39 is 0 Å². The molecule has 1 aliphatic rings. The lowest BCUT2D eigenvalue weighted by Crippen LogP contribution is -2.32. The van der Waals surface area contributed by atoms with Crippen molar-refractivity contribution in [2.24, 2.45) is 0 Å². The number of hydrogen-bond acceptors (Lipinski definition) is 4. The van der Waals surface area contributed by atoms with Crippen LogP contribution in [0.3, 0.4) is 0 Å². The highest BCUT2D eigenvalue weighted by atomic mass is 32.1. The van der Waals surface area contributed by atoms with Gasteiger partial charge in [-0.05, 0) is 63.6 Å². The lowest BCUT2D eigenvalue weighted by atomic mass is 10.1. The number of carbonyl (C=O) groups excluding carboxylic acids is 1. The minimum absolute atomic E-state index is 0.113. The van der Waals surface area contributed by atoms with E-state index in [0.29, 0.717) is 10.6 Å². The van der Waals surface area contributed by atoms with E-state index in [1.807, 2.05) is 26.0 Å². The Balaban J connectivity index is 1.74. The van der Waals surface area contributed by atoms with E-state index in [0.717, 1.165) is 42.5 Å². The Kier molecular flexibility index (Phi) is 5.63. The molecule has 136 valence electrons. The number of aryl methyl sites for hydroxylation is 3. The fourth-order valence-electron chi connectivity index (χ4n) is 3.44. The highest BCUT2D eigenvalue weighted by Gasteiger charge is 2.22. The average Bonchev–Trinajstić information content (AvgIpc) is 2.76. The summed E-state index contributed by atoms with van der Waals surface area (Å²) < 4.78 is 0. The smallest absolute Gasteiger partial charge is 0.247 e. The van der Waals surface area contributed by atoms with Gasteiger partial charge in [0, 0.05) is 10.6 Å². The van der Waals surface area contributed by atoms with Gasteiger partial charge in [-0.2, -0.15) is 5.26 Å². The molecular formula is C21H25N3OS. The van der Waals surface area contributed by atoms with Crippen molar-refractivity contribution >= 4 is 27.9 Å². The molecule has 0 saturated carbocycles. The van der Waals surface area contributed by atoms with Gasteiger partial charge in [0.2, 0.25) is 5.91 Å². The molecule has 0 spiro atoms. The van der Waals surface area contributed by atoms with Crippen molar-refractivity contribution in [1.82, 2.24) is 0 Å². The number of benzene rings is 1. The van der Waals surface area contributed by atoms with Gasteiger partial charge in [-0.25, -0.2) is 0 Å². The average molecular weight is 368 g/mol. The van der Waals surface area contributed by atoms with E-state index in [-0.39, 0.29) is 11.9 Å². The first kappa shape index (κ1) is 18.5. The number of thiophene rings is 1. The van der Waals surface area contributed by atoms with Gasteiger partial charge in [-0.3, -0.25) is 4.79 Å². The molecule has 0 saturated heterocycles. The van der Waals surface area contributed by atoms with Gasteiger partial charge >= 0.3 is 0 Å². The van der Waals surface area contributed by atoms with Crippen LogP contribution in [0.1, 0.15) is 53.3 Å². The standard InChI is InChI=1S/C21H25N3OS/c1-13-9-10-18(14(2)11-13)23-15(3)20(25)24-21-17(12-22)16-7-5-4-6-8-19(16)26-21/h9-11,15,23H,4-8H2,1-3H3,(H,24,25)/t15-/m0/s1. The van der Waals surface area contributed by atoms with Crippen molar-refractivity contribution in [3.05, 3.63) is 45.3 Å². The molecule has 1 aromatic heterocycles. The fraction of sp³-hybridized carbons (Fsp3) is 0.429. The van der Waals surface area contributed by atoms with Gasteiger partial charge in [-0.15, -0.1) is 11.3 Å². The Bertz CT molecular complexity index is 863. The Morgan fingerprint density at radius 3 is 2.73 bits per heavy atom. The van der Waals surface area contributed by atoms with E-state index in [4.69, 9.17) is 0 Å². The van der Waals surface area contributed by atoms with Crippen LogP contribution in [0.25, 0.3) is 0 Å². The van der Waals surface area contributed by atoms with Crippen LogP contribution >= 0.6 is 11.3 Å². The number of amides is 1. The van der Waals surface area contributed by atoms with Gasteiger partial charge in [0.25, 0.3) is 0 Å². The van der Waals surface area contributed by atoms with E-state index in [1.54, 1.807) is 11.3 Å². The minimum atomic E-state index is -0.384. The van der Waals surface area contributed by atoms with Gasteiger partial charge in [0.1, 0.15) is 17.1 Å². The third kappa shape index (κ3) is 3.91. The predicted octanol–water partition coefficient (Wildman–Crippen LogP) is 4.94. The summed E-state index contributed by atoms with van der Waals surface area (Å²) in [5.74, 6) is -0.113. The zero-order valence-electron chi connectivity index (χ0n) is 15.6. The molecule has 26 heavy (non-hydrogen) atoms. The monoisotopic (exact) mass is 367 g/mol. The second-order valence-electron chi connectivity index (χ2n) is 7.05. The second kappa shape index (κ2) is 7.92. The zero-order valence-corrected chi connectivity index (χ0v) is 16.4. The summed E-state index contributed by atoms with van der Waals surface area (Å²) in [5.41, 5.74) is 5.09. The number of nitrogens with one attached hydrogen (secondary N) is 2. The Morgan fingerprint density at radius 2 is 2.00 bits per heavy atom. The Hall–Kier alpha value is -2.32. The maximum absolute atomic E-state index is 12.7. The van der Waals surface area contributed by atoms with Crippen LogP contribution in [0.2, 0.25) is 0 Å². The highest BCUT2D eigenvalue weighted by Crippen LogP contribution is 2.37. The number of nitrogens with zero attached hydrogens (tertiary/aromatic N) is 1. The summed E-state index contributed by atoms with van der Waals surface area (Å²) in [6.45, 7) is 5.93. The van der Waals surface area contributed by atoms with E-state index in [2.05, 4.69) is 29.7 Å². The van der Waals surface area contributed by atoms with Gasteiger partial charge < -0.3 is 10.6 Å². The number of anilines is 2.